The fraction of sp³-hybridized carbons (Fsp3) is 0.0833. The van der Waals surface area contributed by atoms with Crippen LogP contribution in [0.5, 0.6) is 0 Å². The van der Waals surface area contributed by atoms with Crippen LogP contribution in [0.2, 0.25) is 4.34 Å². The van der Waals surface area contributed by atoms with Gasteiger partial charge in [-0.1, -0.05) is 29.0 Å². The molecule has 1 heterocycles. The molecule has 0 saturated carbocycles. The molecule has 1 aromatic carbocycles. The van der Waals surface area contributed by atoms with Gasteiger partial charge in [-0.2, -0.15) is 0 Å². The molecule has 0 saturated heterocycles. The maximum atomic E-state index is 11.6. The van der Waals surface area contributed by atoms with Crippen LogP contribution in [0, 0.1) is 10.1 Å². The van der Waals surface area contributed by atoms with E-state index in [2.05, 4.69) is 20.8 Å². The van der Waals surface area contributed by atoms with Crippen molar-refractivity contribution in [2.75, 3.05) is 5.01 Å². The van der Waals surface area contributed by atoms with Crippen molar-refractivity contribution < 1.29 is 18.5 Å². The van der Waals surface area contributed by atoms with Crippen LogP contribution in [-0.4, -0.2) is 19.5 Å². The molecule has 0 fully saturated rings. The Morgan fingerprint density at radius 3 is 2.67 bits per heavy atom. The van der Waals surface area contributed by atoms with Crippen LogP contribution >= 0.6 is 38.9 Å². The van der Waals surface area contributed by atoms with E-state index in [1.54, 1.807) is 12.1 Å². The van der Waals surface area contributed by atoms with E-state index in [0.29, 0.717) is 15.7 Å². The summed E-state index contributed by atoms with van der Waals surface area (Å²) in [5.74, 6) is -0.205. The van der Waals surface area contributed by atoms with E-state index in [-0.39, 0.29) is 20.8 Å². The predicted octanol–water partition coefficient (Wildman–Crippen LogP) is 4.05. The summed E-state index contributed by atoms with van der Waals surface area (Å²) in [5.41, 5.74) is 0.352. The van der Waals surface area contributed by atoms with Crippen molar-refractivity contribution in [3.8, 4) is 0 Å². The average molecular weight is 455 g/mol. The van der Waals surface area contributed by atoms with Crippen LogP contribution in [0.15, 0.2) is 28.7 Å². The molecule has 0 aliphatic heterocycles. The van der Waals surface area contributed by atoms with Gasteiger partial charge in [0.2, 0.25) is 0 Å². The summed E-state index contributed by atoms with van der Waals surface area (Å²) in [5, 5.41) is 12.3. The van der Waals surface area contributed by atoms with Crippen LogP contribution < -0.4 is 9.84 Å². The van der Waals surface area contributed by atoms with Crippen molar-refractivity contribution in [3.63, 3.8) is 0 Å². The Labute approximate surface area is 156 Å². The zero-order valence-electron chi connectivity index (χ0n) is 11.9. The number of rotatable bonds is 6. The summed E-state index contributed by atoms with van der Waals surface area (Å²) in [7, 11) is 0. The van der Waals surface area contributed by atoms with E-state index in [4.69, 9.17) is 11.6 Å². The van der Waals surface area contributed by atoms with Crippen molar-refractivity contribution in [2.24, 2.45) is 0 Å². The standard InChI is InChI=1S/C12H9BrClN3O5S2/c1-6(18)7-2-3-8(13)9(4-7)16(15-24(21)22)11-5-10(17(19)20)12(14)23-11/h2-5,15H,1H3,(H,21,22). The van der Waals surface area contributed by atoms with Crippen LogP contribution in [0.4, 0.5) is 16.4 Å². The quantitative estimate of drug-likeness (QED) is 0.295. The summed E-state index contributed by atoms with van der Waals surface area (Å²) in [6.07, 6.45) is 0. The number of anilines is 2. The van der Waals surface area contributed by atoms with Crippen LogP contribution in [-0.2, 0) is 11.3 Å². The van der Waals surface area contributed by atoms with Gasteiger partial charge in [-0.05, 0) is 35.0 Å². The lowest BCUT2D eigenvalue weighted by molar-refractivity contribution is -0.384. The van der Waals surface area contributed by atoms with E-state index < -0.39 is 16.2 Å². The Morgan fingerprint density at radius 1 is 1.50 bits per heavy atom. The molecule has 1 aromatic heterocycles. The molecule has 0 aliphatic rings. The molecule has 0 radical (unpaired) electrons. The number of hydrogen-bond acceptors (Lipinski definition) is 6. The minimum absolute atomic E-state index is 0.0793. The smallest absolute Gasteiger partial charge is 0.295 e. The van der Waals surface area contributed by atoms with E-state index in [0.717, 1.165) is 16.3 Å². The van der Waals surface area contributed by atoms with Gasteiger partial charge in [0.15, 0.2) is 10.1 Å². The Balaban J connectivity index is 2.59. The molecule has 0 aliphatic carbocycles. The van der Waals surface area contributed by atoms with Gasteiger partial charge < -0.3 is 0 Å². The number of hydrogen-bond donors (Lipinski definition) is 2. The summed E-state index contributed by atoms with van der Waals surface area (Å²) >= 11 is 7.51. The van der Waals surface area contributed by atoms with E-state index in [1.165, 1.54) is 19.1 Å². The Morgan fingerprint density at radius 2 is 2.17 bits per heavy atom. The van der Waals surface area contributed by atoms with Gasteiger partial charge in [0, 0.05) is 10.0 Å². The molecule has 1 unspecified atom stereocenters. The van der Waals surface area contributed by atoms with Gasteiger partial charge in [0.1, 0.15) is 5.00 Å². The normalized spacial score (nSPS) is 12.0. The summed E-state index contributed by atoms with van der Waals surface area (Å²) < 4.78 is 20.8. The van der Waals surface area contributed by atoms with Crippen LogP contribution in [0.3, 0.4) is 0 Å². The number of carbonyl (C=O) groups is 1. The molecule has 1 atom stereocenters. The number of hydrazine groups is 1. The number of nitro groups is 1. The highest BCUT2D eigenvalue weighted by atomic mass is 79.9. The fourth-order valence-electron chi connectivity index (χ4n) is 1.78. The number of carbonyl (C=O) groups excluding carboxylic acids is 1. The Kier molecular flexibility index (Phi) is 6.06. The van der Waals surface area contributed by atoms with Gasteiger partial charge in [-0.25, -0.2) is 4.21 Å². The first-order valence-electron chi connectivity index (χ1n) is 6.12. The molecule has 12 heteroatoms. The Bertz CT molecular complexity index is 844. The van der Waals surface area contributed by atoms with Crippen molar-refractivity contribution in [2.45, 2.75) is 6.92 Å². The zero-order valence-corrected chi connectivity index (χ0v) is 15.8. The summed E-state index contributed by atoms with van der Waals surface area (Å²) in [4.78, 5) is 24.1. The second-order valence-corrected chi connectivity index (χ2v) is 7.57. The molecular formula is C12H9BrClN3O5S2. The number of nitrogens with one attached hydrogen (secondary N) is 1. The highest BCUT2D eigenvalue weighted by Gasteiger charge is 2.24. The largest absolute Gasteiger partial charge is 0.300 e. The molecule has 24 heavy (non-hydrogen) atoms. The van der Waals surface area contributed by atoms with Gasteiger partial charge >= 0.3 is 5.69 Å². The SMILES string of the molecule is CC(=O)c1ccc(Br)c(N(NS(=O)O)c2cc([N+](=O)[O-])c(Cl)s2)c1. The summed E-state index contributed by atoms with van der Waals surface area (Å²) in [6.45, 7) is 1.38. The minimum atomic E-state index is -2.47. The molecule has 0 amide bonds. The van der Waals surface area contributed by atoms with E-state index >= 15 is 0 Å². The second kappa shape index (κ2) is 7.68. The molecule has 2 N–H and O–H groups in total. The van der Waals surface area contributed by atoms with Crippen molar-refractivity contribution in [3.05, 3.63) is 48.8 Å². The maximum absolute atomic E-state index is 11.6. The lowest BCUT2D eigenvalue weighted by Gasteiger charge is -2.23. The number of Topliss-reactive ketones (excluding diaryl/α,β-unsaturated/α-hetero) is 1. The predicted molar refractivity (Wildman–Crippen MR) is 96.2 cm³/mol. The number of halogens is 2. The van der Waals surface area contributed by atoms with Crippen molar-refractivity contribution in [1.29, 1.82) is 0 Å². The Hall–Kier alpha value is -1.37. The first kappa shape index (κ1) is 19.0. The fourth-order valence-corrected chi connectivity index (χ4v) is 3.80. The number of nitrogens with zero attached hydrogens (tertiary/aromatic N) is 2. The van der Waals surface area contributed by atoms with Crippen LogP contribution in [0.25, 0.3) is 0 Å². The first-order chi connectivity index (χ1) is 11.2. The lowest BCUT2D eigenvalue weighted by Crippen LogP contribution is -2.34. The van der Waals surface area contributed by atoms with Gasteiger partial charge in [-0.3, -0.25) is 24.5 Å². The second-order valence-electron chi connectivity index (χ2n) is 4.40. The van der Waals surface area contributed by atoms with Gasteiger partial charge in [0.25, 0.3) is 11.3 Å². The monoisotopic (exact) mass is 453 g/mol. The van der Waals surface area contributed by atoms with Crippen molar-refractivity contribution in [1.82, 2.24) is 4.83 Å². The molecule has 8 nitrogen and oxygen atoms in total. The summed E-state index contributed by atoms with van der Waals surface area (Å²) in [6, 6.07) is 5.81. The number of thiophene rings is 1. The van der Waals surface area contributed by atoms with E-state index in [1.807, 2.05) is 0 Å². The van der Waals surface area contributed by atoms with Crippen molar-refractivity contribution >= 4 is 72.3 Å². The third kappa shape index (κ3) is 4.18. The molecular weight excluding hydrogens is 446 g/mol. The highest BCUT2D eigenvalue weighted by molar-refractivity contribution is 9.10. The van der Waals surface area contributed by atoms with Gasteiger partial charge in [0.05, 0.1) is 16.7 Å². The minimum Gasteiger partial charge on any atom is -0.295 e. The molecule has 128 valence electrons. The lowest BCUT2D eigenvalue weighted by atomic mass is 10.1. The van der Waals surface area contributed by atoms with Crippen LogP contribution in [0.1, 0.15) is 17.3 Å². The topological polar surface area (TPSA) is 113 Å². The average Bonchev–Trinajstić information content (AvgIpc) is 2.87. The zero-order chi connectivity index (χ0) is 18.0. The molecule has 0 spiro atoms. The van der Waals surface area contributed by atoms with E-state index in [9.17, 15) is 23.7 Å². The third-order valence-corrected chi connectivity index (χ3v) is 5.17. The first-order valence-corrected chi connectivity index (χ1v) is 9.21. The molecule has 0 bridgehead atoms. The third-order valence-electron chi connectivity index (χ3n) is 2.84. The molecule has 2 aromatic rings. The molecule has 2 rings (SSSR count). The number of ketones is 1. The maximum Gasteiger partial charge on any atom is 0.300 e. The van der Waals surface area contributed by atoms with Gasteiger partial charge in [-0.15, -0.1) is 4.83 Å². The number of benzene rings is 1. The highest BCUT2D eigenvalue weighted by Crippen LogP contribution is 2.42.